The first-order chi connectivity index (χ1) is 8.73. The van der Waals surface area contributed by atoms with Crippen LogP contribution in [0.25, 0.3) is 0 Å². The lowest BCUT2D eigenvalue weighted by molar-refractivity contribution is -0.147. The van der Waals surface area contributed by atoms with Gasteiger partial charge in [-0.1, -0.05) is 13.8 Å². The first-order valence-corrected chi connectivity index (χ1v) is 6.14. The molecule has 7 nitrogen and oxygen atoms in total. The minimum Gasteiger partial charge on any atom is -0.481 e. The van der Waals surface area contributed by atoms with Crippen molar-refractivity contribution in [1.82, 2.24) is 4.90 Å². The lowest BCUT2D eigenvalue weighted by Crippen LogP contribution is -2.44. The van der Waals surface area contributed by atoms with Crippen LogP contribution < -0.4 is 0 Å². The van der Waals surface area contributed by atoms with Crippen LogP contribution in [-0.2, 0) is 14.4 Å². The smallest absolute Gasteiger partial charge is 0.320 e. The van der Waals surface area contributed by atoms with E-state index in [4.69, 9.17) is 10.2 Å². The van der Waals surface area contributed by atoms with E-state index < -0.39 is 23.9 Å². The number of carbonyl (C=O) groups is 3. The Morgan fingerprint density at radius 1 is 0.947 bits per heavy atom. The second-order valence-electron chi connectivity index (χ2n) is 4.81. The molecule has 0 aromatic heterocycles. The molecule has 0 aliphatic heterocycles. The van der Waals surface area contributed by atoms with Gasteiger partial charge in [0, 0.05) is 13.1 Å². The highest BCUT2D eigenvalue weighted by molar-refractivity contribution is 5.74. The van der Waals surface area contributed by atoms with Gasteiger partial charge in [-0.25, -0.2) is 0 Å². The summed E-state index contributed by atoms with van der Waals surface area (Å²) in [6.45, 7) is 3.80. The molecule has 0 aromatic rings. The van der Waals surface area contributed by atoms with Crippen LogP contribution in [0, 0.1) is 5.92 Å². The van der Waals surface area contributed by atoms with Crippen LogP contribution in [-0.4, -0.2) is 57.3 Å². The number of rotatable bonds is 10. The van der Waals surface area contributed by atoms with E-state index in [1.165, 1.54) is 4.90 Å². The molecule has 0 fully saturated rings. The van der Waals surface area contributed by atoms with Crippen molar-refractivity contribution in [2.24, 2.45) is 5.92 Å². The Morgan fingerprint density at radius 3 is 1.63 bits per heavy atom. The molecule has 7 heteroatoms. The lowest BCUT2D eigenvalue weighted by atomic mass is 10.0. The molecule has 0 rings (SSSR count). The number of hydrogen-bond acceptors (Lipinski definition) is 4. The van der Waals surface area contributed by atoms with Crippen LogP contribution >= 0.6 is 0 Å². The Kier molecular flexibility index (Phi) is 7.74. The van der Waals surface area contributed by atoms with Crippen LogP contribution in [0.5, 0.6) is 0 Å². The van der Waals surface area contributed by atoms with Crippen molar-refractivity contribution in [3.8, 4) is 0 Å². The van der Waals surface area contributed by atoms with Gasteiger partial charge in [0.1, 0.15) is 6.04 Å². The van der Waals surface area contributed by atoms with Gasteiger partial charge >= 0.3 is 17.9 Å². The Bertz CT molecular complexity index is 310. The third kappa shape index (κ3) is 8.15. The summed E-state index contributed by atoms with van der Waals surface area (Å²) >= 11 is 0. The zero-order valence-corrected chi connectivity index (χ0v) is 11.2. The lowest BCUT2D eigenvalue weighted by Gasteiger charge is -2.29. The fourth-order valence-electron chi connectivity index (χ4n) is 1.75. The van der Waals surface area contributed by atoms with Crippen LogP contribution in [0.1, 0.15) is 33.1 Å². The number of hydrogen-bond donors (Lipinski definition) is 3. The molecule has 110 valence electrons. The highest BCUT2D eigenvalue weighted by Crippen LogP contribution is 2.13. The van der Waals surface area contributed by atoms with E-state index in [0.29, 0.717) is 6.42 Å². The Hall–Kier alpha value is -1.63. The number of carboxylic acids is 3. The second kappa shape index (κ2) is 8.47. The summed E-state index contributed by atoms with van der Waals surface area (Å²) in [5.74, 6) is -2.99. The quantitative estimate of drug-likeness (QED) is 0.538. The molecular weight excluding hydrogens is 254 g/mol. The maximum absolute atomic E-state index is 11.2. The molecule has 3 N–H and O–H groups in total. The van der Waals surface area contributed by atoms with Gasteiger partial charge in [0.2, 0.25) is 0 Å². The van der Waals surface area contributed by atoms with Crippen molar-refractivity contribution in [1.29, 1.82) is 0 Å². The Morgan fingerprint density at radius 2 is 1.37 bits per heavy atom. The SMILES string of the molecule is CC(C)CC(C(=O)O)N(CCC(=O)O)CCC(=O)O. The normalized spacial score (nSPS) is 12.6. The van der Waals surface area contributed by atoms with Gasteiger partial charge in [-0.05, 0) is 12.3 Å². The minimum absolute atomic E-state index is 0.0340. The van der Waals surface area contributed by atoms with Gasteiger partial charge in [0.15, 0.2) is 0 Å². The summed E-state index contributed by atoms with van der Waals surface area (Å²) < 4.78 is 0. The first-order valence-electron chi connectivity index (χ1n) is 6.14. The molecular formula is C12H21NO6. The molecule has 1 unspecified atom stereocenters. The van der Waals surface area contributed by atoms with E-state index in [2.05, 4.69) is 0 Å². The van der Waals surface area contributed by atoms with Crippen LogP contribution in [0.15, 0.2) is 0 Å². The molecule has 0 radical (unpaired) electrons. The summed E-state index contributed by atoms with van der Waals surface area (Å²) in [5, 5.41) is 26.5. The van der Waals surface area contributed by atoms with Gasteiger partial charge < -0.3 is 15.3 Å². The van der Waals surface area contributed by atoms with Gasteiger partial charge in [0.05, 0.1) is 12.8 Å². The number of nitrogens with zero attached hydrogens (tertiary/aromatic N) is 1. The van der Waals surface area contributed by atoms with Crippen molar-refractivity contribution in [3.05, 3.63) is 0 Å². The van der Waals surface area contributed by atoms with E-state index in [1.54, 1.807) is 0 Å². The second-order valence-corrected chi connectivity index (χ2v) is 4.81. The highest BCUT2D eigenvalue weighted by atomic mass is 16.4. The number of aliphatic carboxylic acids is 3. The topological polar surface area (TPSA) is 115 Å². The average molecular weight is 275 g/mol. The van der Waals surface area contributed by atoms with Crippen molar-refractivity contribution in [3.63, 3.8) is 0 Å². The Balaban J connectivity index is 4.75. The summed E-state index contributed by atoms with van der Waals surface area (Å²) in [7, 11) is 0. The van der Waals surface area contributed by atoms with E-state index >= 15 is 0 Å². The van der Waals surface area contributed by atoms with Gasteiger partial charge in [-0.15, -0.1) is 0 Å². The molecule has 0 saturated carbocycles. The predicted molar refractivity (Wildman–Crippen MR) is 67.0 cm³/mol. The predicted octanol–water partition coefficient (Wildman–Crippen LogP) is 0.737. The van der Waals surface area contributed by atoms with Crippen LogP contribution in [0.2, 0.25) is 0 Å². The standard InChI is InChI=1S/C12H21NO6/c1-8(2)7-9(12(18)19)13(5-3-10(14)15)6-4-11(16)17/h8-9H,3-7H2,1-2H3,(H,14,15)(H,16,17)(H,18,19). The summed E-state index contributed by atoms with van der Waals surface area (Å²) in [6.07, 6.45) is -0.0580. The number of carboxylic acid groups (broad SMARTS) is 3. The summed E-state index contributed by atoms with van der Waals surface area (Å²) in [6, 6.07) is -0.848. The van der Waals surface area contributed by atoms with Gasteiger partial charge in [-0.3, -0.25) is 19.3 Å². The van der Waals surface area contributed by atoms with Crippen molar-refractivity contribution >= 4 is 17.9 Å². The molecule has 0 aliphatic carbocycles. The Labute approximate surface area is 111 Å². The molecule has 0 aromatic carbocycles. The zero-order chi connectivity index (χ0) is 15.0. The molecule has 0 spiro atoms. The van der Waals surface area contributed by atoms with E-state index in [1.807, 2.05) is 13.8 Å². The summed E-state index contributed by atoms with van der Waals surface area (Å²) in [5.41, 5.74) is 0. The highest BCUT2D eigenvalue weighted by Gasteiger charge is 2.27. The van der Waals surface area contributed by atoms with Crippen LogP contribution in [0.4, 0.5) is 0 Å². The van der Waals surface area contributed by atoms with Crippen LogP contribution in [0.3, 0.4) is 0 Å². The third-order valence-electron chi connectivity index (χ3n) is 2.65. The molecule has 0 bridgehead atoms. The van der Waals surface area contributed by atoms with E-state index in [-0.39, 0.29) is 31.8 Å². The average Bonchev–Trinajstić information content (AvgIpc) is 2.25. The largest absolute Gasteiger partial charge is 0.481 e. The molecule has 0 saturated heterocycles. The van der Waals surface area contributed by atoms with Crippen molar-refractivity contribution < 1.29 is 29.7 Å². The monoisotopic (exact) mass is 275 g/mol. The molecule has 1 atom stereocenters. The molecule has 19 heavy (non-hydrogen) atoms. The third-order valence-corrected chi connectivity index (χ3v) is 2.65. The summed E-state index contributed by atoms with van der Waals surface area (Å²) in [4.78, 5) is 33.8. The molecule has 0 aliphatic rings. The first kappa shape index (κ1) is 17.4. The molecule has 0 heterocycles. The van der Waals surface area contributed by atoms with Gasteiger partial charge in [-0.2, -0.15) is 0 Å². The maximum Gasteiger partial charge on any atom is 0.320 e. The zero-order valence-electron chi connectivity index (χ0n) is 11.2. The van der Waals surface area contributed by atoms with Crippen molar-refractivity contribution in [2.45, 2.75) is 39.2 Å². The van der Waals surface area contributed by atoms with E-state index in [0.717, 1.165) is 0 Å². The van der Waals surface area contributed by atoms with E-state index in [9.17, 15) is 19.5 Å². The van der Waals surface area contributed by atoms with Gasteiger partial charge in [0.25, 0.3) is 0 Å². The molecule has 0 amide bonds. The fourth-order valence-corrected chi connectivity index (χ4v) is 1.75. The van der Waals surface area contributed by atoms with Crippen molar-refractivity contribution in [2.75, 3.05) is 13.1 Å². The minimum atomic E-state index is -1.05. The fraction of sp³-hybridized carbons (Fsp3) is 0.750. The maximum atomic E-state index is 11.2.